The van der Waals surface area contributed by atoms with Crippen LogP contribution in [0.25, 0.3) is 0 Å². The van der Waals surface area contributed by atoms with Gasteiger partial charge in [0.05, 0.1) is 0 Å². The number of ether oxygens (including phenoxy) is 3. The maximum atomic E-state index is 12.8. The lowest BCUT2D eigenvalue weighted by Crippen LogP contribution is -2.30. The summed E-state index contributed by atoms with van der Waals surface area (Å²) in [4.78, 5) is 38.0. The highest BCUT2D eigenvalue weighted by atomic mass is 16.6. The van der Waals surface area contributed by atoms with Crippen LogP contribution in [0.3, 0.4) is 0 Å². The molecule has 0 aliphatic rings. The first-order valence-electron chi connectivity index (χ1n) is 28.6. The van der Waals surface area contributed by atoms with Crippen molar-refractivity contribution in [3.8, 4) is 0 Å². The lowest BCUT2D eigenvalue weighted by Gasteiger charge is -2.18. The predicted molar refractivity (Wildman–Crippen MR) is 315 cm³/mol. The van der Waals surface area contributed by atoms with Crippen LogP contribution in [0.1, 0.15) is 213 Å². The molecule has 6 heteroatoms. The van der Waals surface area contributed by atoms with Crippen molar-refractivity contribution in [3.63, 3.8) is 0 Å². The van der Waals surface area contributed by atoms with Gasteiger partial charge < -0.3 is 14.2 Å². The molecule has 0 saturated carbocycles. The molecule has 0 spiro atoms. The maximum absolute atomic E-state index is 12.8. The summed E-state index contributed by atoms with van der Waals surface area (Å²) in [6, 6.07) is 0. The molecule has 0 aromatic carbocycles. The molecule has 0 aromatic rings. The van der Waals surface area contributed by atoms with E-state index in [4.69, 9.17) is 14.2 Å². The van der Waals surface area contributed by atoms with Crippen molar-refractivity contribution in [1.82, 2.24) is 0 Å². The van der Waals surface area contributed by atoms with E-state index in [1.54, 1.807) is 0 Å². The molecule has 1 atom stereocenters. The molecule has 0 aliphatic heterocycles. The van der Waals surface area contributed by atoms with Gasteiger partial charge in [-0.25, -0.2) is 0 Å². The summed E-state index contributed by atoms with van der Waals surface area (Å²) in [5.41, 5.74) is 0. The Bertz CT molecular complexity index is 1720. The summed E-state index contributed by atoms with van der Waals surface area (Å²) in [5, 5.41) is 0. The molecule has 0 aromatic heterocycles. The molecule has 0 fully saturated rings. The molecule has 0 aliphatic carbocycles. The van der Waals surface area contributed by atoms with Gasteiger partial charge in [0.25, 0.3) is 0 Å². The van der Waals surface area contributed by atoms with Gasteiger partial charge in [-0.2, -0.15) is 0 Å². The van der Waals surface area contributed by atoms with Crippen molar-refractivity contribution < 1.29 is 28.6 Å². The highest BCUT2D eigenvalue weighted by Gasteiger charge is 2.19. The quantitative estimate of drug-likeness (QED) is 0.0261. The van der Waals surface area contributed by atoms with Gasteiger partial charge in [-0.15, -0.1) is 0 Å². The highest BCUT2D eigenvalue weighted by Crippen LogP contribution is 2.12. The zero-order valence-corrected chi connectivity index (χ0v) is 46.3. The molecule has 406 valence electrons. The molecular formula is C67H102O6. The van der Waals surface area contributed by atoms with Crippen LogP contribution in [0.15, 0.2) is 170 Å². The molecule has 1 unspecified atom stereocenters. The number of carbonyl (C=O) groups is 3. The molecule has 0 N–H and O–H groups in total. The Morgan fingerprint density at radius 2 is 0.521 bits per heavy atom. The molecule has 73 heavy (non-hydrogen) atoms. The summed E-state index contributed by atoms with van der Waals surface area (Å²) >= 11 is 0. The Hall–Kier alpha value is -5.23. The van der Waals surface area contributed by atoms with Gasteiger partial charge in [0.1, 0.15) is 13.2 Å². The smallest absolute Gasteiger partial charge is 0.306 e. The Morgan fingerprint density at radius 1 is 0.274 bits per heavy atom. The lowest BCUT2D eigenvalue weighted by atomic mass is 10.1. The second kappa shape index (κ2) is 59.3. The van der Waals surface area contributed by atoms with E-state index in [0.29, 0.717) is 19.3 Å². The van der Waals surface area contributed by atoms with E-state index in [9.17, 15) is 14.4 Å². The predicted octanol–water partition coefficient (Wildman–Crippen LogP) is 19.5. The minimum absolute atomic E-state index is 0.130. The highest BCUT2D eigenvalue weighted by molar-refractivity contribution is 5.71. The van der Waals surface area contributed by atoms with Gasteiger partial charge >= 0.3 is 17.9 Å². The van der Waals surface area contributed by atoms with Gasteiger partial charge in [0, 0.05) is 19.3 Å². The molecule has 0 rings (SSSR count). The van der Waals surface area contributed by atoms with Gasteiger partial charge in [0.15, 0.2) is 6.10 Å². The van der Waals surface area contributed by atoms with Gasteiger partial charge in [0.2, 0.25) is 0 Å². The Morgan fingerprint density at radius 3 is 0.836 bits per heavy atom. The lowest BCUT2D eigenvalue weighted by molar-refractivity contribution is -0.166. The van der Waals surface area contributed by atoms with Crippen molar-refractivity contribution in [2.75, 3.05) is 13.2 Å². The summed E-state index contributed by atoms with van der Waals surface area (Å²) < 4.78 is 16.7. The van der Waals surface area contributed by atoms with Gasteiger partial charge in [-0.3, -0.25) is 14.4 Å². The molecule has 0 saturated heterocycles. The summed E-state index contributed by atoms with van der Waals surface area (Å²) in [7, 11) is 0. The molecule has 6 nitrogen and oxygen atoms in total. The fraction of sp³-hybridized carbons (Fsp3) is 0.537. The third-order valence-electron chi connectivity index (χ3n) is 11.2. The molecule has 0 radical (unpaired) electrons. The number of carbonyl (C=O) groups excluding carboxylic acids is 3. The molecule has 0 amide bonds. The zero-order chi connectivity index (χ0) is 52.9. The van der Waals surface area contributed by atoms with Crippen LogP contribution in [0.4, 0.5) is 0 Å². The van der Waals surface area contributed by atoms with Crippen LogP contribution in [0.2, 0.25) is 0 Å². The van der Waals surface area contributed by atoms with E-state index < -0.39 is 12.1 Å². The largest absolute Gasteiger partial charge is 0.462 e. The standard InChI is InChI=1S/C67H102O6/c1-4-7-10-13-16-19-22-25-26-27-28-29-30-31-32-33-34-35-36-37-38-39-40-43-45-48-51-54-57-60-66(69)72-63-64(73-67(70)61-58-55-52-49-46-42-24-21-18-15-12-9-6-3)62-71-65(68)59-56-53-50-47-44-41-23-20-17-14-11-8-5-2/h7-12,16-21,25-26,28-29,31-32,34-35,37-38,41-42,44,46,52,55,64H,4-6,13-15,22-24,27,30,33,36,39-40,43,45,47-51,53-54,56-63H2,1-3H3/b10-7-,11-8-,12-9-,19-16-,20-17-,21-18-,26-25-,29-28-,32-31-,35-34-,38-37-,44-41-,46-42-,55-52-. The van der Waals surface area contributed by atoms with Gasteiger partial charge in [-0.05, 0) is 135 Å². The first kappa shape index (κ1) is 67.8. The topological polar surface area (TPSA) is 78.9 Å². The van der Waals surface area contributed by atoms with E-state index in [2.05, 4.69) is 179 Å². The first-order valence-corrected chi connectivity index (χ1v) is 28.6. The number of esters is 3. The summed E-state index contributed by atoms with van der Waals surface area (Å²) in [6.07, 6.45) is 88.0. The third-order valence-corrected chi connectivity index (χ3v) is 11.2. The summed E-state index contributed by atoms with van der Waals surface area (Å²) in [6.45, 7) is 6.17. The van der Waals surface area contributed by atoms with Crippen LogP contribution in [0, 0.1) is 0 Å². The van der Waals surface area contributed by atoms with Crippen LogP contribution in [0.5, 0.6) is 0 Å². The normalized spacial score (nSPS) is 13.4. The first-order chi connectivity index (χ1) is 36.0. The van der Waals surface area contributed by atoms with Crippen molar-refractivity contribution in [2.45, 2.75) is 219 Å². The SMILES string of the molecule is CC/C=C\C/C=C\C/C=C\C/C=C\C/C=C\C/C=C\C/C=C\CCCCCCCCCC(=O)OCC(COC(=O)CCCCC/C=C\C/C=C\C/C=C\CC)OC(=O)CC/C=C\C/C=C\C/C=C\C/C=C\CC. The van der Waals surface area contributed by atoms with Gasteiger partial charge in [-0.1, -0.05) is 229 Å². The monoisotopic (exact) mass is 1000 g/mol. The fourth-order valence-corrected chi connectivity index (χ4v) is 7.04. The third kappa shape index (κ3) is 57.5. The zero-order valence-electron chi connectivity index (χ0n) is 46.3. The van der Waals surface area contributed by atoms with E-state index >= 15 is 0 Å². The van der Waals surface area contributed by atoms with E-state index in [0.717, 1.165) is 148 Å². The second-order valence-corrected chi connectivity index (χ2v) is 18.0. The number of allylic oxidation sites excluding steroid dienone is 28. The molecular weight excluding hydrogens is 901 g/mol. The van der Waals surface area contributed by atoms with Crippen LogP contribution >= 0.6 is 0 Å². The van der Waals surface area contributed by atoms with Crippen LogP contribution in [-0.4, -0.2) is 37.2 Å². The van der Waals surface area contributed by atoms with Crippen molar-refractivity contribution in [2.24, 2.45) is 0 Å². The van der Waals surface area contributed by atoms with E-state index in [-0.39, 0.29) is 31.6 Å². The van der Waals surface area contributed by atoms with Crippen molar-refractivity contribution in [1.29, 1.82) is 0 Å². The van der Waals surface area contributed by atoms with E-state index in [1.165, 1.54) is 19.3 Å². The average Bonchev–Trinajstić information content (AvgIpc) is 3.39. The number of unbranched alkanes of at least 4 members (excludes halogenated alkanes) is 10. The Balaban J connectivity index is 4.40. The van der Waals surface area contributed by atoms with Crippen LogP contribution in [-0.2, 0) is 28.6 Å². The summed E-state index contributed by atoms with van der Waals surface area (Å²) in [5.74, 6) is -1.07. The maximum Gasteiger partial charge on any atom is 0.306 e. The number of hydrogen-bond acceptors (Lipinski definition) is 6. The number of hydrogen-bond donors (Lipinski definition) is 0. The number of rotatable bonds is 49. The van der Waals surface area contributed by atoms with Crippen molar-refractivity contribution in [3.05, 3.63) is 170 Å². The Kier molecular flexibility index (Phi) is 55.1. The minimum Gasteiger partial charge on any atom is -0.462 e. The molecule has 0 bridgehead atoms. The molecule has 0 heterocycles. The second-order valence-electron chi connectivity index (χ2n) is 18.0. The average molecular weight is 1000 g/mol. The fourth-order valence-electron chi connectivity index (χ4n) is 7.04. The minimum atomic E-state index is -0.841. The van der Waals surface area contributed by atoms with Crippen LogP contribution < -0.4 is 0 Å². The van der Waals surface area contributed by atoms with E-state index in [1.807, 2.05) is 12.2 Å². The Labute approximate surface area is 447 Å². The van der Waals surface area contributed by atoms with Crippen molar-refractivity contribution >= 4 is 17.9 Å².